The highest BCUT2D eigenvalue weighted by Crippen LogP contribution is 2.28. The fraction of sp³-hybridized carbons (Fsp3) is 0.900. The lowest BCUT2D eigenvalue weighted by Crippen LogP contribution is -2.42. The summed E-state index contributed by atoms with van der Waals surface area (Å²) in [5, 5.41) is 1.98. The fourth-order valence-corrected chi connectivity index (χ4v) is 2.11. The Morgan fingerprint density at radius 3 is 2.40 bits per heavy atom. The summed E-state index contributed by atoms with van der Waals surface area (Å²) < 4.78 is 35.7. The molecule has 0 aromatic heterocycles. The van der Waals surface area contributed by atoms with Gasteiger partial charge in [0.15, 0.2) is 0 Å². The smallest absolute Gasteiger partial charge is 0.346 e. The van der Waals surface area contributed by atoms with Gasteiger partial charge in [0.25, 0.3) is 0 Å². The summed E-state index contributed by atoms with van der Waals surface area (Å²) >= 11 is 0. The Morgan fingerprint density at radius 2 is 1.93 bits per heavy atom. The number of alkyl halides is 3. The standard InChI is InChI=1S/C10H16F3NO/c1-7(6-8-4-2-3-5-8)14-9(15)10(11,12)13/h7-8H,2-6H2,1H3,(H,14,15). The van der Waals surface area contributed by atoms with Gasteiger partial charge >= 0.3 is 12.1 Å². The number of halogens is 3. The molecule has 0 saturated heterocycles. The van der Waals surface area contributed by atoms with Gasteiger partial charge in [0.05, 0.1) is 0 Å². The molecule has 0 spiro atoms. The van der Waals surface area contributed by atoms with Gasteiger partial charge in [-0.15, -0.1) is 0 Å². The summed E-state index contributed by atoms with van der Waals surface area (Å²) in [6, 6.07) is -0.387. The lowest BCUT2D eigenvalue weighted by atomic mass is 9.99. The highest BCUT2D eigenvalue weighted by molar-refractivity contribution is 5.81. The fourth-order valence-electron chi connectivity index (χ4n) is 2.11. The molecule has 2 nitrogen and oxygen atoms in total. The van der Waals surface area contributed by atoms with Gasteiger partial charge in [0.2, 0.25) is 0 Å². The third kappa shape index (κ3) is 4.10. The number of hydrogen-bond donors (Lipinski definition) is 1. The molecular formula is C10H16F3NO. The monoisotopic (exact) mass is 223 g/mol. The molecule has 0 heterocycles. The van der Waals surface area contributed by atoms with Crippen LogP contribution >= 0.6 is 0 Å². The van der Waals surface area contributed by atoms with E-state index in [-0.39, 0.29) is 6.04 Å². The van der Waals surface area contributed by atoms with Gasteiger partial charge in [-0.25, -0.2) is 0 Å². The lowest BCUT2D eigenvalue weighted by Gasteiger charge is -2.18. The molecule has 1 fully saturated rings. The first-order valence-corrected chi connectivity index (χ1v) is 5.27. The van der Waals surface area contributed by atoms with Crippen molar-refractivity contribution >= 4 is 5.91 Å². The highest BCUT2D eigenvalue weighted by Gasteiger charge is 2.39. The van der Waals surface area contributed by atoms with Crippen LogP contribution in [0.3, 0.4) is 0 Å². The van der Waals surface area contributed by atoms with Gasteiger partial charge in [-0.2, -0.15) is 13.2 Å². The minimum atomic E-state index is -4.76. The summed E-state index contributed by atoms with van der Waals surface area (Å²) in [7, 11) is 0. The van der Waals surface area contributed by atoms with Crippen molar-refractivity contribution in [2.24, 2.45) is 5.92 Å². The molecule has 1 unspecified atom stereocenters. The first-order valence-electron chi connectivity index (χ1n) is 5.27. The van der Waals surface area contributed by atoms with Gasteiger partial charge < -0.3 is 5.32 Å². The Kier molecular flexibility index (Phi) is 3.99. The Labute approximate surface area is 87.2 Å². The molecule has 1 saturated carbocycles. The Bertz CT molecular complexity index is 221. The van der Waals surface area contributed by atoms with Crippen molar-refractivity contribution in [2.45, 2.75) is 51.2 Å². The molecule has 1 aliphatic rings. The Morgan fingerprint density at radius 1 is 1.40 bits per heavy atom. The maximum atomic E-state index is 11.9. The quantitative estimate of drug-likeness (QED) is 0.783. The van der Waals surface area contributed by atoms with E-state index >= 15 is 0 Å². The number of carbonyl (C=O) groups excluding carboxylic acids is 1. The Hall–Kier alpha value is -0.740. The Balaban J connectivity index is 2.28. The van der Waals surface area contributed by atoms with Crippen molar-refractivity contribution in [3.05, 3.63) is 0 Å². The van der Waals surface area contributed by atoms with E-state index < -0.39 is 12.1 Å². The summed E-state index contributed by atoms with van der Waals surface area (Å²) in [5.41, 5.74) is 0. The van der Waals surface area contributed by atoms with E-state index in [9.17, 15) is 18.0 Å². The molecule has 1 N–H and O–H groups in total. The third-order valence-electron chi connectivity index (χ3n) is 2.80. The maximum Gasteiger partial charge on any atom is 0.471 e. The third-order valence-corrected chi connectivity index (χ3v) is 2.80. The van der Waals surface area contributed by atoms with Crippen LogP contribution in [-0.4, -0.2) is 18.1 Å². The number of carbonyl (C=O) groups is 1. The summed E-state index contributed by atoms with van der Waals surface area (Å²) in [6.45, 7) is 1.63. The van der Waals surface area contributed by atoms with Crippen LogP contribution in [0.1, 0.15) is 39.0 Å². The predicted octanol–water partition coefficient (Wildman–Crippen LogP) is 2.63. The van der Waals surface area contributed by atoms with E-state index in [0.29, 0.717) is 12.3 Å². The van der Waals surface area contributed by atoms with E-state index in [1.807, 2.05) is 5.32 Å². The predicted molar refractivity (Wildman–Crippen MR) is 50.2 cm³/mol. The van der Waals surface area contributed by atoms with Crippen LogP contribution in [0, 0.1) is 5.92 Å². The maximum absolute atomic E-state index is 11.9. The second kappa shape index (κ2) is 4.86. The molecule has 1 atom stereocenters. The molecule has 0 aliphatic heterocycles. The molecule has 0 aromatic rings. The van der Waals surface area contributed by atoms with Gasteiger partial charge in [0, 0.05) is 6.04 Å². The van der Waals surface area contributed by atoms with E-state index in [2.05, 4.69) is 0 Å². The van der Waals surface area contributed by atoms with Crippen LogP contribution in [-0.2, 0) is 4.79 Å². The highest BCUT2D eigenvalue weighted by atomic mass is 19.4. The largest absolute Gasteiger partial charge is 0.471 e. The van der Waals surface area contributed by atoms with Crippen molar-refractivity contribution < 1.29 is 18.0 Å². The van der Waals surface area contributed by atoms with Crippen LogP contribution in [0.4, 0.5) is 13.2 Å². The average molecular weight is 223 g/mol. The number of rotatable bonds is 3. The van der Waals surface area contributed by atoms with Crippen molar-refractivity contribution in [3.8, 4) is 0 Å². The van der Waals surface area contributed by atoms with E-state index in [1.165, 1.54) is 0 Å². The second-order valence-corrected chi connectivity index (χ2v) is 4.26. The molecule has 1 aliphatic carbocycles. The van der Waals surface area contributed by atoms with Crippen LogP contribution in [0.2, 0.25) is 0 Å². The number of hydrogen-bond acceptors (Lipinski definition) is 1. The van der Waals surface area contributed by atoms with Gasteiger partial charge in [-0.3, -0.25) is 4.79 Å². The lowest BCUT2D eigenvalue weighted by molar-refractivity contribution is -0.174. The van der Waals surface area contributed by atoms with Crippen molar-refractivity contribution in [2.75, 3.05) is 0 Å². The van der Waals surface area contributed by atoms with E-state index in [1.54, 1.807) is 6.92 Å². The van der Waals surface area contributed by atoms with Crippen molar-refractivity contribution in [1.29, 1.82) is 0 Å². The van der Waals surface area contributed by atoms with Gasteiger partial charge in [-0.1, -0.05) is 25.7 Å². The summed E-state index contributed by atoms with van der Waals surface area (Å²) in [4.78, 5) is 10.6. The van der Waals surface area contributed by atoms with E-state index in [4.69, 9.17) is 0 Å². The molecule has 0 bridgehead atoms. The summed E-state index contributed by atoms with van der Waals surface area (Å²) in [6.07, 6.45) is 0.361. The average Bonchev–Trinajstić information content (AvgIpc) is 2.54. The van der Waals surface area contributed by atoms with E-state index in [0.717, 1.165) is 25.7 Å². The topological polar surface area (TPSA) is 29.1 Å². The first kappa shape index (κ1) is 12.3. The van der Waals surface area contributed by atoms with Crippen LogP contribution in [0.25, 0.3) is 0 Å². The number of nitrogens with one attached hydrogen (secondary N) is 1. The minimum Gasteiger partial charge on any atom is -0.346 e. The van der Waals surface area contributed by atoms with Gasteiger partial charge in [-0.05, 0) is 19.3 Å². The molecule has 88 valence electrons. The molecular weight excluding hydrogens is 207 g/mol. The number of amides is 1. The van der Waals surface area contributed by atoms with Crippen LogP contribution in [0.5, 0.6) is 0 Å². The van der Waals surface area contributed by atoms with Crippen molar-refractivity contribution in [1.82, 2.24) is 5.32 Å². The zero-order chi connectivity index (χ0) is 11.5. The molecule has 15 heavy (non-hydrogen) atoms. The van der Waals surface area contributed by atoms with Crippen LogP contribution < -0.4 is 5.32 Å². The first-order chi connectivity index (χ1) is 6.89. The molecule has 5 heteroatoms. The second-order valence-electron chi connectivity index (χ2n) is 4.26. The molecule has 0 radical (unpaired) electrons. The summed E-state index contributed by atoms with van der Waals surface area (Å²) in [5.74, 6) is -1.35. The SMILES string of the molecule is CC(CC1CCCC1)NC(=O)C(F)(F)F. The minimum absolute atomic E-state index is 0.387. The molecule has 1 rings (SSSR count). The zero-order valence-corrected chi connectivity index (χ0v) is 8.73. The molecule has 1 amide bonds. The zero-order valence-electron chi connectivity index (χ0n) is 8.73. The van der Waals surface area contributed by atoms with Crippen molar-refractivity contribution in [3.63, 3.8) is 0 Å². The van der Waals surface area contributed by atoms with Gasteiger partial charge in [0.1, 0.15) is 0 Å². The van der Waals surface area contributed by atoms with Crippen LogP contribution in [0.15, 0.2) is 0 Å². The molecule has 0 aromatic carbocycles. The normalized spacial score (nSPS) is 20.3.